The number of piperidine rings is 1. The lowest BCUT2D eigenvalue weighted by Gasteiger charge is -2.37. The molecule has 0 N–H and O–H groups in total. The molecule has 132 valence electrons. The molecule has 0 aromatic rings. The minimum atomic E-state index is -0.528. The van der Waals surface area contributed by atoms with Crippen LogP contribution in [0.1, 0.15) is 52.9 Å². The number of nitrogens with zero attached hydrogens (tertiary/aromatic N) is 1. The number of esters is 1. The maximum atomic E-state index is 12.2. The highest BCUT2D eigenvalue weighted by atomic mass is 16.6. The van der Waals surface area contributed by atoms with Crippen LogP contribution < -0.4 is 0 Å². The number of rotatable bonds is 6. The fraction of sp³-hybridized carbons (Fsp3) is 0.778. The summed E-state index contributed by atoms with van der Waals surface area (Å²) in [5, 5.41) is 0. The van der Waals surface area contributed by atoms with E-state index >= 15 is 0 Å². The predicted octanol–water partition coefficient (Wildman–Crippen LogP) is 3.78. The highest BCUT2D eigenvalue weighted by molar-refractivity contribution is 5.75. The quantitative estimate of drug-likeness (QED) is 0.424. The summed E-state index contributed by atoms with van der Waals surface area (Å²) < 4.78 is 10.4. The number of unbranched alkanes of at least 4 members (excludes halogenated alkanes) is 2. The van der Waals surface area contributed by atoms with E-state index in [9.17, 15) is 9.59 Å². The second-order valence-electron chi connectivity index (χ2n) is 7.18. The minimum Gasteiger partial charge on any atom is -0.469 e. The molecule has 2 atom stereocenters. The van der Waals surface area contributed by atoms with Gasteiger partial charge in [0.2, 0.25) is 0 Å². The van der Waals surface area contributed by atoms with Gasteiger partial charge in [0.25, 0.3) is 0 Å². The van der Waals surface area contributed by atoms with E-state index in [4.69, 9.17) is 9.47 Å². The Balaban J connectivity index is 2.64. The Hall–Kier alpha value is -1.52. The molecule has 0 spiro atoms. The Kier molecular flexibility index (Phi) is 7.59. The van der Waals surface area contributed by atoms with Gasteiger partial charge in [0, 0.05) is 13.1 Å². The molecule has 1 aliphatic heterocycles. The summed E-state index contributed by atoms with van der Waals surface area (Å²) in [6.07, 6.45) is 6.52. The van der Waals surface area contributed by atoms with E-state index < -0.39 is 5.60 Å². The molecular formula is C18H31NO4. The largest absolute Gasteiger partial charge is 0.469 e. The fourth-order valence-electron chi connectivity index (χ4n) is 2.95. The standard InChI is InChI=1S/C18H31NO4/c1-6-7-8-9-10-14-11-12-19(13-15(14)16(20)22-5)17(21)23-18(2,3)4/h6,14-15H,1,7-13H2,2-5H3/t14-,15+/m1/s1. The van der Waals surface area contributed by atoms with Crippen LogP contribution in [0.3, 0.4) is 0 Å². The third kappa shape index (κ3) is 6.63. The lowest BCUT2D eigenvalue weighted by atomic mass is 9.82. The van der Waals surface area contributed by atoms with Gasteiger partial charge in [0.1, 0.15) is 5.60 Å². The Morgan fingerprint density at radius 1 is 1.30 bits per heavy atom. The van der Waals surface area contributed by atoms with Crippen LogP contribution in [0.15, 0.2) is 12.7 Å². The molecule has 0 aromatic heterocycles. The van der Waals surface area contributed by atoms with E-state index in [0.29, 0.717) is 13.1 Å². The van der Waals surface area contributed by atoms with Crippen molar-refractivity contribution >= 4 is 12.1 Å². The lowest BCUT2D eigenvalue weighted by Crippen LogP contribution is -2.48. The number of carbonyl (C=O) groups excluding carboxylic acids is 2. The van der Waals surface area contributed by atoms with Gasteiger partial charge in [0.15, 0.2) is 0 Å². The number of amides is 1. The van der Waals surface area contributed by atoms with Crippen LogP contribution in [0.4, 0.5) is 4.79 Å². The number of ether oxygens (including phenoxy) is 2. The number of methoxy groups -OCH3 is 1. The Bertz CT molecular complexity index is 414. The summed E-state index contributed by atoms with van der Waals surface area (Å²) in [4.78, 5) is 26.0. The minimum absolute atomic E-state index is 0.230. The average Bonchev–Trinajstić information content (AvgIpc) is 2.49. The van der Waals surface area contributed by atoms with Gasteiger partial charge in [-0.2, -0.15) is 0 Å². The van der Waals surface area contributed by atoms with Crippen LogP contribution >= 0.6 is 0 Å². The summed E-state index contributed by atoms with van der Waals surface area (Å²) >= 11 is 0. The number of likely N-dealkylation sites (tertiary alicyclic amines) is 1. The number of carbonyl (C=O) groups is 2. The first-order valence-corrected chi connectivity index (χ1v) is 8.45. The van der Waals surface area contributed by atoms with Crippen molar-refractivity contribution in [2.75, 3.05) is 20.2 Å². The molecule has 0 radical (unpaired) electrons. The summed E-state index contributed by atoms with van der Waals surface area (Å²) in [5.74, 6) is -0.220. The van der Waals surface area contributed by atoms with Crippen molar-refractivity contribution in [2.45, 2.75) is 58.5 Å². The van der Waals surface area contributed by atoms with Gasteiger partial charge in [-0.15, -0.1) is 6.58 Å². The first-order valence-electron chi connectivity index (χ1n) is 8.45. The second-order valence-corrected chi connectivity index (χ2v) is 7.18. The van der Waals surface area contributed by atoms with Crippen LogP contribution in [0.25, 0.3) is 0 Å². The first-order chi connectivity index (χ1) is 10.8. The molecule has 0 aliphatic carbocycles. The van der Waals surface area contributed by atoms with Gasteiger partial charge < -0.3 is 14.4 Å². The van der Waals surface area contributed by atoms with Gasteiger partial charge in [-0.3, -0.25) is 4.79 Å². The molecule has 0 aromatic carbocycles. The van der Waals surface area contributed by atoms with Gasteiger partial charge >= 0.3 is 12.1 Å². The van der Waals surface area contributed by atoms with Crippen molar-refractivity contribution in [1.82, 2.24) is 4.90 Å². The molecule has 23 heavy (non-hydrogen) atoms. The third-order valence-electron chi connectivity index (χ3n) is 4.14. The summed E-state index contributed by atoms with van der Waals surface area (Å²) in [5.41, 5.74) is -0.528. The SMILES string of the molecule is C=CCCCC[C@@H]1CCN(C(=O)OC(C)(C)C)C[C@@H]1C(=O)OC. The van der Waals surface area contributed by atoms with E-state index in [1.807, 2.05) is 26.8 Å². The number of allylic oxidation sites excluding steroid dienone is 1. The van der Waals surface area contributed by atoms with Gasteiger partial charge in [-0.25, -0.2) is 4.79 Å². The van der Waals surface area contributed by atoms with Gasteiger partial charge in [-0.05, 0) is 52.4 Å². The number of hydrogen-bond donors (Lipinski definition) is 0. The van der Waals surface area contributed by atoms with Crippen LogP contribution in [0, 0.1) is 11.8 Å². The normalized spacial score (nSPS) is 21.7. The van der Waals surface area contributed by atoms with E-state index in [-0.39, 0.29) is 23.9 Å². The number of hydrogen-bond acceptors (Lipinski definition) is 4. The molecule has 1 amide bonds. The molecule has 1 saturated heterocycles. The molecule has 5 nitrogen and oxygen atoms in total. The van der Waals surface area contributed by atoms with Crippen molar-refractivity contribution in [1.29, 1.82) is 0 Å². The Morgan fingerprint density at radius 3 is 2.57 bits per heavy atom. The van der Waals surface area contributed by atoms with E-state index in [0.717, 1.165) is 32.1 Å². The summed E-state index contributed by atoms with van der Waals surface area (Å²) in [7, 11) is 1.41. The molecule has 0 unspecified atom stereocenters. The maximum Gasteiger partial charge on any atom is 0.410 e. The molecule has 1 aliphatic rings. The van der Waals surface area contributed by atoms with E-state index in [1.54, 1.807) is 4.90 Å². The fourth-order valence-corrected chi connectivity index (χ4v) is 2.95. The molecule has 1 rings (SSSR count). The molecule has 5 heteroatoms. The zero-order chi connectivity index (χ0) is 17.5. The monoisotopic (exact) mass is 325 g/mol. The smallest absolute Gasteiger partial charge is 0.410 e. The van der Waals surface area contributed by atoms with Crippen molar-refractivity contribution in [3.63, 3.8) is 0 Å². The average molecular weight is 325 g/mol. The lowest BCUT2D eigenvalue weighted by molar-refractivity contribution is -0.149. The van der Waals surface area contributed by atoms with Crippen molar-refractivity contribution in [3.05, 3.63) is 12.7 Å². The van der Waals surface area contributed by atoms with Gasteiger partial charge in [0.05, 0.1) is 13.0 Å². The molecular weight excluding hydrogens is 294 g/mol. The van der Waals surface area contributed by atoms with Crippen LogP contribution in [0.5, 0.6) is 0 Å². The topological polar surface area (TPSA) is 55.8 Å². The summed E-state index contributed by atoms with van der Waals surface area (Å²) in [6, 6.07) is 0. The Morgan fingerprint density at radius 2 is 2.00 bits per heavy atom. The zero-order valence-corrected chi connectivity index (χ0v) is 15.0. The molecule has 0 bridgehead atoms. The third-order valence-corrected chi connectivity index (χ3v) is 4.14. The van der Waals surface area contributed by atoms with Crippen LogP contribution in [-0.2, 0) is 14.3 Å². The summed E-state index contributed by atoms with van der Waals surface area (Å²) in [6.45, 7) is 10.3. The molecule has 0 saturated carbocycles. The molecule has 1 fully saturated rings. The first kappa shape index (κ1) is 19.5. The predicted molar refractivity (Wildman–Crippen MR) is 90.1 cm³/mol. The van der Waals surface area contributed by atoms with Crippen molar-refractivity contribution in [2.24, 2.45) is 11.8 Å². The van der Waals surface area contributed by atoms with Gasteiger partial charge in [-0.1, -0.05) is 12.5 Å². The van der Waals surface area contributed by atoms with Crippen LogP contribution in [-0.4, -0.2) is 42.8 Å². The molecule has 1 heterocycles. The highest BCUT2D eigenvalue weighted by Crippen LogP contribution is 2.30. The van der Waals surface area contributed by atoms with Crippen molar-refractivity contribution in [3.8, 4) is 0 Å². The van der Waals surface area contributed by atoms with E-state index in [2.05, 4.69) is 6.58 Å². The zero-order valence-electron chi connectivity index (χ0n) is 15.0. The van der Waals surface area contributed by atoms with Crippen LogP contribution in [0.2, 0.25) is 0 Å². The highest BCUT2D eigenvalue weighted by Gasteiger charge is 2.37. The second kappa shape index (κ2) is 8.94. The van der Waals surface area contributed by atoms with Crippen molar-refractivity contribution < 1.29 is 19.1 Å². The maximum absolute atomic E-state index is 12.2. The van der Waals surface area contributed by atoms with E-state index in [1.165, 1.54) is 7.11 Å². The Labute approximate surface area is 140 Å².